The molecule has 0 aliphatic carbocycles. The predicted octanol–water partition coefficient (Wildman–Crippen LogP) is 4.28. The minimum atomic E-state index is -0.516. The topological polar surface area (TPSA) is 74.2 Å². The Balaban J connectivity index is 1.88. The Labute approximate surface area is 177 Å². The van der Waals surface area contributed by atoms with Gasteiger partial charge in [0.2, 0.25) is 0 Å². The van der Waals surface area contributed by atoms with Crippen LogP contribution in [0.5, 0.6) is 0 Å². The number of carbonyl (C=O) groups is 1. The van der Waals surface area contributed by atoms with E-state index in [1.54, 1.807) is 23.3 Å². The standard InChI is InChI=1S/C22H29N3O3S/c1-4-5-15-29-16-17(2)24-28-18(3)19-11-13-25(14-12-19)21(22(26)23-27)20-9-7-6-8-10-20/h4-10,15,19,21,27H,1,3,11-14,16H2,2H3,(H,23,26)/b15-5-,24-17+. The Morgan fingerprint density at radius 3 is 2.72 bits per heavy atom. The summed E-state index contributed by atoms with van der Waals surface area (Å²) in [6.07, 6.45) is 5.24. The van der Waals surface area contributed by atoms with E-state index >= 15 is 0 Å². The molecular formula is C22H29N3O3S. The predicted molar refractivity (Wildman–Crippen MR) is 119 cm³/mol. The van der Waals surface area contributed by atoms with E-state index in [-0.39, 0.29) is 5.92 Å². The van der Waals surface area contributed by atoms with E-state index in [9.17, 15) is 4.79 Å². The van der Waals surface area contributed by atoms with E-state index in [4.69, 9.17) is 10.0 Å². The average molecular weight is 416 g/mol. The second-order valence-corrected chi connectivity index (χ2v) is 7.75. The molecule has 1 atom stereocenters. The maximum Gasteiger partial charge on any atom is 0.265 e. The van der Waals surface area contributed by atoms with Gasteiger partial charge in [0.1, 0.15) is 11.8 Å². The van der Waals surface area contributed by atoms with Gasteiger partial charge in [-0.2, -0.15) is 0 Å². The molecule has 1 heterocycles. The molecule has 0 spiro atoms. The number of nitrogens with one attached hydrogen (secondary N) is 1. The Bertz CT molecular complexity index is 741. The van der Waals surface area contributed by atoms with Crippen molar-refractivity contribution in [3.05, 3.63) is 72.4 Å². The van der Waals surface area contributed by atoms with E-state index in [1.165, 1.54) is 0 Å². The average Bonchev–Trinajstić information content (AvgIpc) is 2.76. The minimum Gasteiger partial charge on any atom is -0.362 e. The van der Waals surface area contributed by atoms with Gasteiger partial charge in [-0.15, -0.1) is 11.8 Å². The van der Waals surface area contributed by atoms with Crippen LogP contribution in [0.25, 0.3) is 0 Å². The molecule has 0 bridgehead atoms. The number of oxime groups is 1. The number of piperidine rings is 1. The number of hydroxylamine groups is 1. The first kappa shape index (κ1) is 22.9. The Kier molecular flexibility index (Phi) is 9.70. The van der Waals surface area contributed by atoms with Gasteiger partial charge in [0.15, 0.2) is 0 Å². The minimum absolute atomic E-state index is 0.185. The number of hydrogen-bond acceptors (Lipinski definition) is 6. The van der Waals surface area contributed by atoms with E-state index in [1.807, 2.05) is 48.7 Å². The zero-order chi connectivity index (χ0) is 21.1. The number of allylic oxidation sites excluding steroid dienone is 3. The molecule has 29 heavy (non-hydrogen) atoms. The van der Waals surface area contributed by atoms with Crippen molar-refractivity contribution >= 4 is 23.4 Å². The molecule has 1 fully saturated rings. The SMILES string of the molecule is C=C/C=C\SC/C(C)=N/OC(=C)C1CCN(C(C(=O)NO)c2ccccc2)CC1. The number of likely N-dealkylation sites (tertiary alicyclic amines) is 1. The monoisotopic (exact) mass is 415 g/mol. The molecule has 1 aliphatic rings. The van der Waals surface area contributed by atoms with Crippen LogP contribution < -0.4 is 5.48 Å². The normalized spacial score (nSPS) is 17.1. The highest BCUT2D eigenvalue weighted by molar-refractivity contribution is 8.02. The fourth-order valence-corrected chi connectivity index (χ4v) is 3.83. The fourth-order valence-electron chi connectivity index (χ4n) is 3.22. The van der Waals surface area contributed by atoms with E-state index < -0.39 is 11.9 Å². The molecule has 7 heteroatoms. The van der Waals surface area contributed by atoms with Gasteiger partial charge < -0.3 is 4.84 Å². The number of hydrogen-bond donors (Lipinski definition) is 2. The Morgan fingerprint density at radius 1 is 1.41 bits per heavy atom. The fraction of sp³-hybridized carbons (Fsp3) is 0.364. The molecule has 0 saturated carbocycles. The van der Waals surface area contributed by atoms with Crippen LogP contribution in [0.4, 0.5) is 0 Å². The van der Waals surface area contributed by atoms with Gasteiger partial charge in [-0.1, -0.05) is 60.8 Å². The first-order valence-electron chi connectivity index (χ1n) is 9.58. The molecular weight excluding hydrogens is 386 g/mol. The summed E-state index contributed by atoms with van der Waals surface area (Å²) in [5.74, 6) is 1.15. The van der Waals surface area contributed by atoms with E-state index in [2.05, 4.69) is 23.2 Å². The van der Waals surface area contributed by atoms with Crippen LogP contribution in [0, 0.1) is 5.92 Å². The highest BCUT2D eigenvalue weighted by atomic mass is 32.2. The zero-order valence-corrected chi connectivity index (χ0v) is 17.6. The summed E-state index contributed by atoms with van der Waals surface area (Å²) in [4.78, 5) is 19.9. The van der Waals surface area contributed by atoms with Gasteiger partial charge in [-0.3, -0.25) is 14.9 Å². The third-order valence-electron chi connectivity index (χ3n) is 4.75. The summed E-state index contributed by atoms with van der Waals surface area (Å²) in [6.45, 7) is 11.0. The van der Waals surface area contributed by atoms with Gasteiger partial charge in [-0.05, 0) is 43.8 Å². The quantitative estimate of drug-likeness (QED) is 0.196. The highest BCUT2D eigenvalue weighted by Gasteiger charge is 2.32. The van der Waals surface area contributed by atoms with Gasteiger partial charge in [0.05, 0.1) is 5.71 Å². The third kappa shape index (κ3) is 7.20. The Hall–Kier alpha value is -2.35. The second-order valence-electron chi connectivity index (χ2n) is 6.86. The van der Waals surface area contributed by atoms with Crippen LogP contribution >= 0.6 is 11.8 Å². The summed E-state index contributed by atoms with van der Waals surface area (Å²) in [7, 11) is 0. The summed E-state index contributed by atoms with van der Waals surface area (Å²) < 4.78 is 0. The lowest BCUT2D eigenvalue weighted by Crippen LogP contribution is -2.43. The lowest BCUT2D eigenvalue weighted by molar-refractivity contribution is -0.135. The van der Waals surface area contributed by atoms with Crippen LogP contribution in [-0.2, 0) is 9.63 Å². The van der Waals surface area contributed by atoms with Crippen LogP contribution in [-0.4, -0.2) is 40.6 Å². The van der Waals surface area contributed by atoms with Gasteiger partial charge >= 0.3 is 0 Å². The zero-order valence-electron chi connectivity index (χ0n) is 16.8. The molecule has 156 valence electrons. The molecule has 2 rings (SSSR count). The van der Waals surface area contributed by atoms with Crippen molar-refractivity contribution in [1.29, 1.82) is 0 Å². The lowest BCUT2D eigenvalue weighted by atomic mass is 9.93. The van der Waals surface area contributed by atoms with Crippen molar-refractivity contribution in [3.8, 4) is 0 Å². The number of nitrogens with zero attached hydrogens (tertiary/aromatic N) is 2. The summed E-state index contributed by atoms with van der Waals surface area (Å²) in [5.41, 5.74) is 3.54. The van der Waals surface area contributed by atoms with Crippen molar-refractivity contribution in [2.24, 2.45) is 11.1 Å². The first-order valence-corrected chi connectivity index (χ1v) is 10.6. The maximum absolute atomic E-state index is 12.3. The third-order valence-corrected chi connectivity index (χ3v) is 5.68. The first-order chi connectivity index (χ1) is 14.1. The number of benzene rings is 1. The van der Waals surface area contributed by atoms with Crippen molar-refractivity contribution in [1.82, 2.24) is 10.4 Å². The molecule has 0 aromatic heterocycles. The van der Waals surface area contributed by atoms with Crippen molar-refractivity contribution in [2.75, 3.05) is 18.8 Å². The molecule has 1 unspecified atom stereocenters. The number of carbonyl (C=O) groups excluding carboxylic acids is 1. The smallest absolute Gasteiger partial charge is 0.265 e. The van der Waals surface area contributed by atoms with Gasteiger partial charge in [-0.25, -0.2) is 5.48 Å². The van der Waals surface area contributed by atoms with E-state index in [0.717, 1.165) is 29.9 Å². The summed E-state index contributed by atoms with van der Waals surface area (Å²) in [5, 5.41) is 15.3. The summed E-state index contributed by atoms with van der Waals surface area (Å²) >= 11 is 1.62. The van der Waals surface area contributed by atoms with Gasteiger partial charge in [0, 0.05) is 11.7 Å². The lowest BCUT2D eigenvalue weighted by Gasteiger charge is -2.36. The van der Waals surface area contributed by atoms with Crippen molar-refractivity contribution in [2.45, 2.75) is 25.8 Å². The van der Waals surface area contributed by atoms with Crippen LogP contribution in [0.1, 0.15) is 31.4 Å². The van der Waals surface area contributed by atoms with Crippen molar-refractivity contribution in [3.63, 3.8) is 0 Å². The molecule has 2 N–H and O–H groups in total. The van der Waals surface area contributed by atoms with Crippen LogP contribution in [0.3, 0.4) is 0 Å². The number of rotatable bonds is 10. The molecule has 1 aromatic rings. The van der Waals surface area contributed by atoms with Crippen LogP contribution in [0.2, 0.25) is 0 Å². The summed E-state index contributed by atoms with van der Waals surface area (Å²) in [6, 6.07) is 8.96. The molecule has 6 nitrogen and oxygen atoms in total. The largest absolute Gasteiger partial charge is 0.362 e. The molecule has 1 saturated heterocycles. The molecule has 1 aliphatic heterocycles. The van der Waals surface area contributed by atoms with Gasteiger partial charge in [0.25, 0.3) is 5.91 Å². The number of thioether (sulfide) groups is 1. The molecule has 1 amide bonds. The second kappa shape index (κ2) is 12.3. The highest BCUT2D eigenvalue weighted by Crippen LogP contribution is 2.30. The number of amides is 1. The van der Waals surface area contributed by atoms with E-state index in [0.29, 0.717) is 18.8 Å². The van der Waals surface area contributed by atoms with Crippen LogP contribution in [0.15, 0.2) is 72.0 Å². The maximum atomic E-state index is 12.3. The van der Waals surface area contributed by atoms with Crippen molar-refractivity contribution < 1.29 is 14.8 Å². The molecule has 1 aromatic carbocycles. The Morgan fingerprint density at radius 2 is 2.10 bits per heavy atom. The molecule has 0 radical (unpaired) electrons.